The summed E-state index contributed by atoms with van der Waals surface area (Å²) >= 11 is 0. The maximum atomic E-state index is 12.6. The SMILES string of the molecule is Cn1nccc1COc1ccc2c(c1)CCN(C[C@@H](O)CNC(=O)c1ccnc(CC3CCC3)c1)C2. The summed E-state index contributed by atoms with van der Waals surface area (Å²) in [5.74, 6) is 1.41. The van der Waals surface area contributed by atoms with Crippen LogP contribution in [0.1, 0.15) is 52.1 Å². The van der Waals surface area contributed by atoms with E-state index in [0.717, 1.165) is 43.1 Å². The van der Waals surface area contributed by atoms with Gasteiger partial charge in [0.05, 0.1) is 11.8 Å². The van der Waals surface area contributed by atoms with Gasteiger partial charge in [0.25, 0.3) is 5.91 Å². The number of fused-ring (bicyclic) bond motifs is 1. The van der Waals surface area contributed by atoms with E-state index >= 15 is 0 Å². The van der Waals surface area contributed by atoms with Crippen LogP contribution in [0.4, 0.5) is 0 Å². The molecule has 2 aromatic heterocycles. The van der Waals surface area contributed by atoms with E-state index in [4.69, 9.17) is 4.74 Å². The van der Waals surface area contributed by atoms with E-state index in [1.54, 1.807) is 18.5 Å². The van der Waals surface area contributed by atoms with Gasteiger partial charge in [-0.05, 0) is 60.2 Å². The lowest BCUT2D eigenvalue weighted by molar-refractivity contribution is 0.0841. The number of nitrogens with zero attached hydrogens (tertiary/aromatic N) is 4. The van der Waals surface area contributed by atoms with Crippen LogP contribution in [0.3, 0.4) is 0 Å². The zero-order valence-electron chi connectivity index (χ0n) is 20.9. The van der Waals surface area contributed by atoms with Crippen molar-refractivity contribution in [1.29, 1.82) is 0 Å². The number of hydrogen-bond acceptors (Lipinski definition) is 6. The number of hydrogen-bond donors (Lipinski definition) is 2. The second kappa shape index (κ2) is 11.2. The summed E-state index contributed by atoms with van der Waals surface area (Å²) in [4.78, 5) is 19.3. The Balaban J connectivity index is 1.07. The third kappa shape index (κ3) is 6.12. The number of aliphatic hydroxyl groups is 1. The lowest BCUT2D eigenvalue weighted by atomic mass is 9.82. The molecule has 8 heteroatoms. The van der Waals surface area contributed by atoms with Crippen molar-refractivity contribution in [2.75, 3.05) is 19.6 Å². The maximum absolute atomic E-state index is 12.6. The molecule has 2 N–H and O–H groups in total. The van der Waals surface area contributed by atoms with Gasteiger partial charge in [-0.15, -0.1) is 0 Å². The third-order valence-electron chi connectivity index (χ3n) is 7.35. The summed E-state index contributed by atoms with van der Waals surface area (Å²) in [6.45, 7) is 2.86. The Morgan fingerprint density at radius 1 is 1.19 bits per heavy atom. The van der Waals surface area contributed by atoms with Crippen LogP contribution >= 0.6 is 0 Å². The molecule has 1 aromatic carbocycles. The Bertz CT molecular complexity index is 1190. The first-order chi connectivity index (χ1) is 17.5. The van der Waals surface area contributed by atoms with Gasteiger partial charge >= 0.3 is 0 Å². The van der Waals surface area contributed by atoms with Gasteiger partial charge < -0.3 is 15.2 Å². The van der Waals surface area contributed by atoms with Gasteiger partial charge in [-0.1, -0.05) is 25.3 Å². The lowest BCUT2D eigenvalue weighted by Crippen LogP contribution is -2.42. The number of aryl methyl sites for hydroxylation is 1. The van der Waals surface area contributed by atoms with Crippen molar-refractivity contribution >= 4 is 5.91 Å². The molecule has 0 saturated heterocycles. The molecule has 0 spiro atoms. The Morgan fingerprint density at radius 2 is 2.08 bits per heavy atom. The highest BCUT2D eigenvalue weighted by Gasteiger charge is 2.21. The molecule has 0 unspecified atom stereocenters. The molecule has 190 valence electrons. The summed E-state index contributed by atoms with van der Waals surface area (Å²) in [6.07, 6.45) is 8.50. The largest absolute Gasteiger partial charge is 0.487 e. The van der Waals surface area contributed by atoms with Crippen molar-refractivity contribution in [2.24, 2.45) is 13.0 Å². The van der Waals surface area contributed by atoms with Crippen LogP contribution in [0.15, 0.2) is 48.8 Å². The molecule has 1 saturated carbocycles. The number of carbonyl (C=O) groups is 1. The number of aromatic nitrogens is 3. The maximum Gasteiger partial charge on any atom is 0.251 e. The monoisotopic (exact) mass is 489 g/mol. The fourth-order valence-electron chi connectivity index (χ4n) is 4.93. The highest BCUT2D eigenvalue weighted by atomic mass is 16.5. The predicted molar refractivity (Wildman–Crippen MR) is 137 cm³/mol. The first-order valence-corrected chi connectivity index (χ1v) is 12.9. The molecule has 36 heavy (non-hydrogen) atoms. The molecule has 2 aliphatic rings. The van der Waals surface area contributed by atoms with Crippen LogP contribution in [0.2, 0.25) is 0 Å². The fourth-order valence-corrected chi connectivity index (χ4v) is 4.93. The normalized spacial score (nSPS) is 16.7. The molecule has 3 aromatic rings. The summed E-state index contributed by atoms with van der Waals surface area (Å²) < 4.78 is 7.77. The second-order valence-corrected chi connectivity index (χ2v) is 10.1. The Hall–Kier alpha value is -3.23. The van der Waals surface area contributed by atoms with E-state index in [1.807, 2.05) is 29.9 Å². The molecule has 1 fully saturated rings. The van der Waals surface area contributed by atoms with Crippen molar-refractivity contribution in [1.82, 2.24) is 25.0 Å². The van der Waals surface area contributed by atoms with Gasteiger partial charge in [-0.25, -0.2) is 0 Å². The summed E-state index contributed by atoms with van der Waals surface area (Å²) in [5.41, 5.74) is 5.15. The minimum Gasteiger partial charge on any atom is -0.487 e. The lowest BCUT2D eigenvalue weighted by Gasteiger charge is -2.30. The van der Waals surface area contributed by atoms with Gasteiger partial charge in [-0.2, -0.15) is 5.10 Å². The molecule has 1 aliphatic heterocycles. The van der Waals surface area contributed by atoms with E-state index < -0.39 is 6.10 Å². The number of β-amino-alcohol motifs (C(OH)–C–C–N with tert-alkyl or cyclic N) is 1. The molecular weight excluding hydrogens is 454 g/mol. The highest BCUT2D eigenvalue weighted by Crippen LogP contribution is 2.29. The van der Waals surface area contributed by atoms with Crippen LogP contribution in [0.25, 0.3) is 0 Å². The van der Waals surface area contributed by atoms with Crippen molar-refractivity contribution in [3.05, 3.63) is 76.9 Å². The summed E-state index contributed by atoms with van der Waals surface area (Å²) in [7, 11) is 1.91. The predicted octanol–water partition coefficient (Wildman–Crippen LogP) is 2.89. The molecule has 8 nitrogen and oxygen atoms in total. The molecule has 0 radical (unpaired) electrons. The minimum absolute atomic E-state index is 0.158. The van der Waals surface area contributed by atoms with Crippen LogP contribution in [0.5, 0.6) is 5.75 Å². The summed E-state index contributed by atoms with van der Waals surface area (Å²) in [6, 6.07) is 11.8. The number of benzene rings is 1. The first-order valence-electron chi connectivity index (χ1n) is 12.9. The van der Waals surface area contributed by atoms with Crippen molar-refractivity contribution < 1.29 is 14.6 Å². The molecule has 3 heterocycles. The third-order valence-corrected chi connectivity index (χ3v) is 7.35. The summed E-state index contributed by atoms with van der Waals surface area (Å²) in [5, 5.41) is 17.6. The van der Waals surface area contributed by atoms with Gasteiger partial charge in [0.1, 0.15) is 12.4 Å². The van der Waals surface area contributed by atoms with Gasteiger partial charge in [0, 0.05) is 56.9 Å². The van der Waals surface area contributed by atoms with Gasteiger partial charge in [-0.3, -0.25) is 19.4 Å². The zero-order chi connectivity index (χ0) is 24.9. The Kier molecular flexibility index (Phi) is 7.63. The van der Waals surface area contributed by atoms with Crippen LogP contribution in [0, 0.1) is 5.92 Å². The average Bonchev–Trinajstić information content (AvgIpc) is 3.28. The van der Waals surface area contributed by atoms with E-state index in [1.165, 1.54) is 30.4 Å². The zero-order valence-corrected chi connectivity index (χ0v) is 20.9. The van der Waals surface area contributed by atoms with E-state index in [0.29, 0.717) is 24.6 Å². The smallest absolute Gasteiger partial charge is 0.251 e. The molecule has 1 amide bonds. The van der Waals surface area contributed by atoms with Gasteiger partial charge in [0.15, 0.2) is 0 Å². The number of nitrogens with one attached hydrogen (secondary N) is 1. The molecular formula is C28H35N5O3. The number of rotatable bonds is 10. The quantitative estimate of drug-likeness (QED) is 0.455. The fraction of sp³-hybridized carbons (Fsp3) is 0.464. The first kappa shape index (κ1) is 24.5. The molecule has 0 bridgehead atoms. The van der Waals surface area contributed by atoms with Crippen molar-refractivity contribution in [2.45, 2.75) is 51.4 Å². The van der Waals surface area contributed by atoms with Crippen LogP contribution in [-0.4, -0.2) is 56.4 Å². The average molecular weight is 490 g/mol. The number of pyridine rings is 1. The number of carbonyl (C=O) groups excluding carboxylic acids is 1. The highest BCUT2D eigenvalue weighted by molar-refractivity contribution is 5.94. The standard InChI is InChI=1S/C28H35N5O3/c1-32-25(8-11-31-32)19-36-27-6-5-23-17-33(12-9-21(23)15-27)18-26(34)16-30-28(35)22-7-10-29-24(14-22)13-20-3-2-4-20/h5-8,10-11,14-15,20,26,34H,2-4,9,12-13,16-19H2,1H3,(H,30,35)/t26-/m0/s1. The van der Waals surface area contributed by atoms with Crippen molar-refractivity contribution in [3.63, 3.8) is 0 Å². The number of aliphatic hydroxyl groups excluding tert-OH is 1. The number of ether oxygens (including phenoxy) is 1. The Morgan fingerprint density at radius 3 is 2.86 bits per heavy atom. The van der Waals surface area contributed by atoms with Crippen LogP contribution in [-0.2, 0) is 33.0 Å². The molecule has 1 atom stereocenters. The number of amides is 1. The molecule has 1 aliphatic carbocycles. The van der Waals surface area contributed by atoms with Gasteiger partial charge in [0.2, 0.25) is 0 Å². The second-order valence-electron chi connectivity index (χ2n) is 10.1. The minimum atomic E-state index is -0.631. The van der Waals surface area contributed by atoms with Crippen molar-refractivity contribution in [3.8, 4) is 5.75 Å². The van der Waals surface area contributed by atoms with E-state index in [2.05, 4.69) is 32.4 Å². The topological polar surface area (TPSA) is 92.5 Å². The van der Waals surface area contributed by atoms with E-state index in [-0.39, 0.29) is 12.5 Å². The van der Waals surface area contributed by atoms with E-state index in [9.17, 15) is 9.90 Å². The molecule has 5 rings (SSSR count). The van der Waals surface area contributed by atoms with Crippen LogP contribution < -0.4 is 10.1 Å². The Labute approximate surface area is 212 Å².